The molecular weight excluding hydrogens is 346 g/mol. The van der Waals surface area contributed by atoms with Crippen LogP contribution in [0.2, 0.25) is 0 Å². The fourth-order valence-electron chi connectivity index (χ4n) is 2.29. The average molecular weight is 359 g/mol. The second-order valence-corrected chi connectivity index (χ2v) is 6.69. The molecule has 0 aliphatic carbocycles. The topological polar surface area (TPSA) is 70.8 Å². The van der Waals surface area contributed by atoms with Crippen LogP contribution >= 0.6 is 24.0 Å². The third kappa shape index (κ3) is 3.13. The number of rotatable bonds is 4. The van der Waals surface area contributed by atoms with Gasteiger partial charge in [0.25, 0.3) is 5.91 Å². The predicted octanol–water partition coefficient (Wildman–Crippen LogP) is 3.87. The normalized spacial score (nSPS) is 16.2. The molecule has 7 heteroatoms. The number of furan rings is 1. The van der Waals surface area contributed by atoms with E-state index < -0.39 is 5.97 Å². The number of hydrogen-bond donors (Lipinski definition) is 1. The lowest BCUT2D eigenvalue weighted by molar-refractivity contribution is -0.122. The van der Waals surface area contributed by atoms with Crippen molar-refractivity contribution in [2.75, 3.05) is 6.54 Å². The second-order valence-electron chi connectivity index (χ2n) is 5.01. The van der Waals surface area contributed by atoms with Gasteiger partial charge in [0.1, 0.15) is 15.8 Å². The van der Waals surface area contributed by atoms with E-state index in [0.29, 0.717) is 32.9 Å². The monoisotopic (exact) mass is 359 g/mol. The summed E-state index contributed by atoms with van der Waals surface area (Å²) in [7, 11) is 0. The molecule has 24 heavy (non-hydrogen) atoms. The minimum atomic E-state index is -0.994. The Morgan fingerprint density at radius 2 is 2.17 bits per heavy atom. The third-order valence-corrected chi connectivity index (χ3v) is 4.86. The lowest BCUT2D eigenvalue weighted by Gasteiger charge is -2.09. The molecule has 122 valence electrons. The first-order valence-electron chi connectivity index (χ1n) is 7.18. The summed E-state index contributed by atoms with van der Waals surface area (Å²) in [5, 5.41) is 9.06. The van der Waals surface area contributed by atoms with Crippen LogP contribution < -0.4 is 0 Å². The first kappa shape index (κ1) is 16.5. The van der Waals surface area contributed by atoms with E-state index >= 15 is 0 Å². The first-order valence-corrected chi connectivity index (χ1v) is 8.41. The fourth-order valence-corrected chi connectivity index (χ4v) is 3.66. The van der Waals surface area contributed by atoms with Crippen LogP contribution in [0.3, 0.4) is 0 Å². The highest BCUT2D eigenvalue weighted by atomic mass is 32.2. The molecule has 0 atom stereocenters. The van der Waals surface area contributed by atoms with E-state index in [2.05, 4.69) is 0 Å². The Hall–Kier alpha value is -2.38. The summed E-state index contributed by atoms with van der Waals surface area (Å²) in [5.74, 6) is -0.0668. The lowest BCUT2D eigenvalue weighted by Crippen LogP contribution is -2.27. The molecule has 1 aromatic heterocycles. The Labute approximate surface area is 148 Å². The molecule has 0 spiro atoms. The number of aromatic carboxylic acids is 1. The molecule has 1 aromatic carbocycles. The van der Waals surface area contributed by atoms with Crippen LogP contribution in [0.25, 0.3) is 17.4 Å². The summed E-state index contributed by atoms with van der Waals surface area (Å²) in [6, 6.07) is 9.97. The van der Waals surface area contributed by atoms with Gasteiger partial charge in [0.15, 0.2) is 0 Å². The van der Waals surface area contributed by atoms with Crippen molar-refractivity contribution in [3.8, 4) is 11.3 Å². The largest absolute Gasteiger partial charge is 0.478 e. The lowest BCUT2D eigenvalue weighted by atomic mass is 10.1. The third-order valence-electron chi connectivity index (χ3n) is 3.48. The summed E-state index contributed by atoms with van der Waals surface area (Å²) < 4.78 is 6.26. The molecule has 1 aliphatic rings. The van der Waals surface area contributed by atoms with Gasteiger partial charge < -0.3 is 9.52 Å². The number of carboxylic acids is 1. The molecule has 1 amide bonds. The van der Waals surface area contributed by atoms with Crippen LogP contribution in [-0.2, 0) is 4.79 Å². The van der Waals surface area contributed by atoms with Crippen LogP contribution in [-0.4, -0.2) is 32.7 Å². The maximum Gasteiger partial charge on any atom is 0.335 e. The zero-order chi connectivity index (χ0) is 17.3. The Kier molecular flexibility index (Phi) is 4.55. The maximum absolute atomic E-state index is 12.2. The van der Waals surface area contributed by atoms with Crippen LogP contribution in [0.1, 0.15) is 23.0 Å². The van der Waals surface area contributed by atoms with Crippen molar-refractivity contribution in [3.05, 3.63) is 52.6 Å². The molecule has 1 saturated heterocycles. The highest BCUT2D eigenvalue weighted by molar-refractivity contribution is 8.26. The number of carboxylic acid groups (broad SMARTS) is 1. The summed E-state index contributed by atoms with van der Waals surface area (Å²) in [5.41, 5.74) is 0.852. The van der Waals surface area contributed by atoms with Gasteiger partial charge in [0.2, 0.25) is 0 Å². The van der Waals surface area contributed by atoms with Crippen molar-refractivity contribution in [2.45, 2.75) is 6.92 Å². The molecule has 1 N–H and O–H groups in total. The molecule has 1 fully saturated rings. The number of likely N-dealkylation sites (N-methyl/N-ethyl adjacent to an activating group) is 1. The van der Waals surface area contributed by atoms with Crippen LogP contribution in [0.15, 0.2) is 45.7 Å². The van der Waals surface area contributed by atoms with E-state index in [1.54, 1.807) is 36.4 Å². The van der Waals surface area contributed by atoms with Gasteiger partial charge >= 0.3 is 5.97 Å². The molecule has 5 nitrogen and oxygen atoms in total. The van der Waals surface area contributed by atoms with Crippen LogP contribution in [0.4, 0.5) is 0 Å². The van der Waals surface area contributed by atoms with Gasteiger partial charge in [0, 0.05) is 18.2 Å². The Morgan fingerprint density at radius 1 is 1.38 bits per heavy atom. The van der Waals surface area contributed by atoms with E-state index in [-0.39, 0.29) is 11.5 Å². The molecule has 0 unspecified atom stereocenters. The summed E-state index contributed by atoms with van der Waals surface area (Å²) in [6.45, 7) is 2.40. The van der Waals surface area contributed by atoms with Gasteiger partial charge in [-0.2, -0.15) is 0 Å². The number of thiocarbonyl (C=S) groups is 1. The Balaban J connectivity index is 1.88. The molecule has 0 saturated carbocycles. The molecule has 2 heterocycles. The van der Waals surface area contributed by atoms with E-state index in [0.717, 1.165) is 0 Å². The highest BCUT2D eigenvalue weighted by Gasteiger charge is 2.30. The van der Waals surface area contributed by atoms with Crippen LogP contribution in [0.5, 0.6) is 0 Å². The molecule has 2 aromatic rings. The number of nitrogens with zero attached hydrogens (tertiary/aromatic N) is 1. The smallest absolute Gasteiger partial charge is 0.335 e. The average Bonchev–Trinajstić information content (AvgIpc) is 3.13. The molecule has 1 aliphatic heterocycles. The number of carbonyl (C=O) groups excluding carboxylic acids is 1. The summed E-state index contributed by atoms with van der Waals surface area (Å²) in [4.78, 5) is 25.3. The first-order chi connectivity index (χ1) is 11.5. The van der Waals surface area contributed by atoms with E-state index in [1.807, 2.05) is 6.92 Å². The van der Waals surface area contributed by atoms with E-state index in [9.17, 15) is 9.59 Å². The molecule has 0 bridgehead atoms. The molecule has 3 rings (SSSR count). The van der Waals surface area contributed by atoms with Gasteiger partial charge in [-0.25, -0.2) is 4.79 Å². The number of hydrogen-bond acceptors (Lipinski definition) is 5. The van der Waals surface area contributed by atoms with Gasteiger partial charge in [-0.05, 0) is 31.2 Å². The minimum absolute atomic E-state index is 0.127. The summed E-state index contributed by atoms with van der Waals surface area (Å²) in [6.07, 6.45) is 1.65. The predicted molar refractivity (Wildman–Crippen MR) is 96.7 cm³/mol. The quantitative estimate of drug-likeness (QED) is 0.660. The SMILES string of the molecule is CCN1C(=O)C(=Cc2ccc(-c3cccc(C(=O)O)c3)o2)SC1=S. The zero-order valence-corrected chi connectivity index (χ0v) is 14.3. The fraction of sp³-hybridized carbons (Fsp3) is 0.118. The van der Waals surface area contributed by atoms with Crippen molar-refractivity contribution in [1.29, 1.82) is 0 Å². The number of amides is 1. The molecule has 0 radical (unpaired) electrons. The number of benzene rings is 1. The Bertz CT molecular complexity index is 869. The highest BCUT2D eigenvalue weighted by Crippen LogP contribution is 2.33. The minimum Gasteiger partial charge on any atom is -0.478 e. The van der Waals surface area contributed by atoms with Gasteiger partial charge in [0.05, 0.1) is 10.5 Å². The van der Waals surface area contributed by atoms with Crippen molar-refractivity contribution < 1.29 is 19.1 Å². The van der Waals surface area contributed by atoms with Crippen molar-refractivity contribution in [2.24, 2.45) is 0 Å². The summed E-state index contributed by atoms with van der Waals surface area (Å²) >= 11 is 6.42. The van der Waals surface area contributed by atoms with Gasteiger partial charge in [-0.3, -0.25) is 9.69 Å². The number of carbonyl (C=O) groups is 2. The van der Waals surface area contributed by atoms with Crippen molar-refractivity contribution in [3.63, 3.8) is 0 Å². The van der Waals surface area contributed by atoms with Crippen molar-refractivity contribution >= 4 is 46.3 Å². The zero-order valence-electron chi connectivity index (χ0n) is 12.7. The van der Waals surface area contributed by atoms with Gasteiger partial charge in [-0.15, -0.1) is 0 Å². The second kappa shape index (κ2) is 6.62. The van der Waals surface area contributed by atoms with Crippen LogP contribution in [0, 0.1) is 0 Å². The van der Waals surface area contributed by atoms with E-state index in [1.165, 1.54) is 22.7 Å². The van der Waals surface area contributed by atoms with Gasteiger partial charge in [-0.1, -0.05) is 36.1 Å². The van der Waals surface area contributed by atoms with E-state index in [4.69, 9.17) is 21.7 Å². The maximum atomic E-state index is 12.2. The van der Waals surface area contributed by atoms with Crippen molar-refractivity contribution in [1.82, 2.24) is 4.90 Å². The number of thioether (sulfide) groups is 1. The Morgan fingerprint density at radius 3 is 2.83 bits per heavy atom. The molecular formula is C17H13NO4S2. The standard InChI is InChI=1S/C17H13NO4S2/c1-2-18-15(19)14(24-17(18)23)9-12-6-7-13(22-12)10-4-3-5-11(8-10)16(20)21/h3-9H,2H2,1H3,(H,20,21).